The van der Waals surface area contributed by atoms with Crippen LogP contribution >= 0.6 is 0 Å². The summed E-state index contributed by atoms with van der Waals surface area (Å²) in [6, 6.07) is 6.66. The summed E-state index contributed by atoms with van der Waals surface area (Å²) in [4.78, 5) is 23.2. The second-order valence-corrected chi connectivity index (χ2v) is 4.69. The zero-order valence-electron chi connectivity index (χ0n) is 11.5. The summed E-state index contributed by atoms with van der Waals surface area (Å²) in [6.07, 6.45) is 0. The van der Waals surface area contributed by atoms with E-state index in [1.807, 2.05) is 13.8 Å². The number of amides is 1. The molecule has 0 aliphatic heterocycles. The molecule has 1 N–H and O–H groups in total. The molecule has 0 bridgehead atoms. The van der Waals surface area contributed by atoms with Gasteiger partial charge in [-0.05, 0) is 19.1 Å². The summed E-state index contributed by atoms with van der Waals surface area (Å²) >= 11 is 0. The van der Waals surface area contributed by atoms with Crippen molar-refractivity contribution in [3.8, 4) is 0 Å². The molecule has 1 heterocycles. The second kappa shape index (κ2) is 5.64. The summed E-state index contributed by atoms with van der Waals surface area (Å²) in [6.45, 7) is 5.25. The van der Waals surface area contributed by atoms with E-state index in [0.29, 0.717) is 17.1 Å². The molecule has 20 heavy (non-hydrogen) atoms. The molecule has 1 aromatic heterocycles. The topological polar surface area (TPSA) is 85.1 Å². The van der Waals surface area contributed by atoms with Gasteiger partial charge >= 0.3 is 11.8 Å². The highest BCUT2D eigenvalue weighted by atomic mass is 16.4. The number of carbonyl (C=O) groups is 2. The first-order valence-electron chi connectivity index (χ1n) is 6.23. The molecule has 1 aromatic carbocycles. The number of hydrogen-bond donors (Lipinski definition) is 1. The summed E-state index contributed by atoms with van der Waals surface area (Å²) in [5.74, 6) is -0.189. The van der Waals surface area contributed by atoms with Crippen molar-refractivity contribution in [3.63, 3.8) is 0 Å². The van der Waals surface area contributed by atoms with Crippen LogP contribution in [0.25, 0.3) is 0 Å². The van der Waals surface area contributed by atoms with Gasteiger partial charge in [-0.1, -0.05) is 26.0 Å². The van der Waals surface area contributed by atoms with Crippen LogP contribution in [0.15, 0.2) is 28.7 Å². The normalized spacial score (nSPS) is 10.6. The minimum absolute atomic E-state index is 0.0603. The lowest BCUT2D eigenvalue weighted by atomic mass is 10.1. The van der Waals surface area contributed by atoms with Crippen molar-refractivity contribution >= 4 is 17.4 Å². The van der Waals surface area contributed by atoms with Gasteiger partial charge in [-0.25, -0.2) is 0 Å². The maximum absolute atomic E-state index is 11.9. The molecule has 0 aliphatic rings. The standard InChI is InChI=1S/C14H15N3O3/c1-8(2)13-16-17-14(20-13)12(19)15-11-6-4-5-10(7-11)9(3)18/h4-8H,1-3H3,(H,15,19). The summed E-state index contributed by atoms with van der Waals surface area (Å²) in [5.41, 5.74) is 1.03. The Labute approximate surface area is 116 Å². The van der Waals surface area contributed by atoms with Gasteiger partial charge in [0, 0.05) is 17.2 Å². The van der Waals surface area contributed by atoms with Gasteiger partial charge in [0.1, 0.15) is 0 Å². The van der Waals surface area contributed by atoms with E-state index in [-0.39, 0.29) is 17.6 Å². The molecule has 2 aromatic rings. The molecule has 0 saturated heterocycles. The predicted octanol–water partition coefficient (Wildman–Crippen LogP) is 2.65. The molecule has 0 saturated carbocycles. The highest BCUT2D eigenvalue weighted by molar-refractivity contribution is 6.02. The molecule has 0 radical (unpaired) electrons. The van der Waals surface area contributed by atoms with Gasteiger partial charge in [0.2, 0.25) is 5.89 Å². The minimum atomic E-state index is -0.495. The number of aromatic nitrogens is 2. The highest BCUT2D eigenvalue weighted by Crippen LogP contribution is 2.15. The fourth-order valence-electron chi connectivity index (χ4n) is 1.56. The number of Topliss-reactive ketones (excluding diaryl/α,β-unsaturated/α-hetero) is 1. The molecule has 0 fully saturated rings. The quantitative estimate of drug-likeness (QED) is 0.865. The van der Waals surface area contributed by atoms with Gasteiger partial charge in [-0.3, -0.25) is 9.59 Å². The van der Waals surface area contributed by atoms with E-state index in [0.717, 1.165) is 0 Å². The number of rotatable bonds is 4. The van der Waals surface area contributed by atoms with Gasteiger partial charge in [0.05, 0.1) is 0 Å². The zero-order valence-corrected chi connectivity index (χ0v) is 11.5. The minimum Gasteiger partial charge on any atom is -0.417 e. The third kappa shape index (κ3) is 3.09. The van der Waals surface area contributed by atoms with Crippen molar-refractivity contribution in [2.24, 2.45) is 0 Å². The number of nitrogens with zero attached hydrogens (tertiary/aromatic N) is 2. The van der Waals surface area contributed by atoms with E-state index >= 15 is 0 Å². The maximum atomic E-state index is 11.9. The molecular weight excluding hydrogens is 258 g/mol. The van der Waals surface area contributed by atoms with Crippen molar-refractivity contribution < 1.29 is 14.0 Å². The number of nitrogens with one attached hydrogen (secondary N) is 1. The van der Waals surface area contributed by atoms with Crippen LogP contribution in [-0.2, 0) is 0 Å². The monoisotopic (exact) mass is 273 g/mol. The highest BCUT2D eigenvalue weighted by Gasteiger charge is 2.16. The molecule has 104 valence electrons. The fraction of sp³-hybridized carbons (Fsp3) is 0.286. The van der Waals surface area contributed by atoms with Crippen LogP contribution in [0.1, 0.15) is 53.6 Å². The zero-order chi connectivity index (χ0) is 14.7. The molecule has 6 nitrogen and oxygen atoms in total. The number of hydrogen-bond acceptors (Lipinski definition) is 5. The average Bonchev–Trinajstić information content (AvgIpc) is 2.88. The first-order valence-corrected chi connectivity index (χ1v) is 6.23. The molecule has 0 spiro atoms. The smallest absolute Gasteiger partial charge is 0.313 e. The number of ketones is 1. The summed E-state index contributed by atoms with van der Waals surface area (Å²) in [7, 11) is 0. The Balaban J connectivity index is 2.14. The van der Waals surface area contributed by atoms with Crippen molar-refractivity contribution in [3.05, 3.63) is 41.6 Å². The van der Waals surface area contributed by atoms with Gasteiger partial charge in [-0.15, -0.1) is 10.2 Å². The van der Waals surface area contributed by atoms with Crippen LogP contribution < -0.4 is 5.32 Å². The Morgan fingerprint density at radius 2 is 2.00 bits per heavy atom. The first kappa shape index (κ1) is 13.9. The van der Waals surface area contributed by atoms with Gasteiger partial charge in [-0.2, -0.15) is 0 Å². The van der Waals surface area contributed by atoms with Crippen LogP contribution in [0.5, 0.6) is 0 Å². The van der Waals surface area contributed by atoms with E-state index in [1.54, 1.807) is 24.3 Å². The number of carbonyl (C=O) groups excluding carboxylic acids is 2. The molecule has 0 atom stereocenters. The fourth-order valence-corrected chi connectivity index (χ4v) is 1.56. The summed E-state index contributed by atoms with van der Waals surface area (Å²) < 4.78 is 5.26. The van der Waals surface area contributed by atoms with Gasteiger partial charge in [0.15, 0.2) is 5.78 Å². The lowest BCUT2D eigenvalue weighted by Crippen LogP contribution is -2.12. The number of benzene rings is 1. The lowest BCUT2D eigenvalue weighted by Gasteiger charge is -2.03. The molecular formula is C14H15N3O3. The van der Waals surface area contributed by atoms with Gasteiger partial charge < -0.3 is 9.73 Å². The Bertz CT molecular complexity index is 647. The van der Waals surface area contributed by atoms with Gasteiger partial charge in [0.25, 0.3) is 0 Å². The molecule has 0 unspecified atom stereocenters. The lowest BCUT2D eigenvalue weighted by molar-refractivity contribution is 0.0984. The van der Waals surface area contributed by atoms with Crippen LogP contribution in [0.3, 0.4) is 0 Å². The molecule has 2 rings (SSSR count). The third-order valence-electron chi connectivity index (χ3n) is 2.66. The average molecular weight is 273 g/mol. The molecule has 6 heteroatoms. The Morgan fingerprint density at radius 3 is 2.60 bits per heavy atom. The maximum Gasteiger partial charge on any atom is 0.313 e. The van der Waals surface area contributed by atoms with E-state index in [2.05, 4.69) is 15.5 Å². The van der Waals surface area contributed by atoms with E-state index in [1.165, 1.54) is 6.92 Å². The summed E-state index contributed by atoms with van der Waals surface area (Å²) in [5, 5.41) is 10.1. The Morgan fingerprint density at radius 1 is 1.25 bits per heavy atom. The van der Waals surface area contributed by atoms with Crippen molar-refractivity contribution in [2.75, 3.05) is 5.32 Å². The molecule has 0 aliphatic carbocycles. The largest absolute Gasteiger partial charge is 0.417 e. The molecule has 1 amide bonds. The number of anilines is 1. The van der Waals surface area contributed by atoms with Crippen LogP contribution in [0.4, 0.5) is 5.69 Å². The SMILES string of the molecule is CC(=O)c1cccc(NC(=O)c2nnc(C(C)C)o2)c1. The van der Waals surface area contributed by atoms with Crippen molar-refractivity contribution in [2.45, 2.75) is 26.7 Å². The first-order chi connectivity index (χ1) is 9.47. The Hall–Kier alpha value is -2.50. The van der Waals surface area contributed by atoms with Crippen LogP contribution in [0, 0.1) is 0 Å². The second-order valence-electron chi connectivity index (χ2n) is 4.69. The van der Waals surface area contributed by atoms with Crippen LogP contribution in [-0.4, -0.2) is 21.9 Å². The van der Waals surface area contributed by atoms with E-state index in [4.69, 9.17) is 4.42 Å². The van der Waals surface area contributed by atoms with E-state index < -0.39 is 5.91 Å². The van der Waals surface area contributed by atoms with Crippen molar-refractivity contribution in [1.29, 1.82) is 0 Å². The van der Waals surface area contributed by atoms with Crippen LogP contribution in [0.2, 0.25) is 0 Å². The Kier molecular flexibility index (Phi) is 3.93. The third-order valence-corrected chi connectivity index (χ3v) is 2.66. The predicted molar refractivity (Wildman–Crippen MR) is 72.8 cm³/mol. The van der Waals surface area contributed by atoms with Crippen molar-refractivity contribution in [1.82, 2.24) is 10.2 Å². The van der Waals surface area contributed by atoms with E-state index in [9.17, 15) is 9.59 Å².